The highest BCUT2D eigenvalue weighted by atomic mass is 14.9. The van der Waals surface area contributed by atoms with Crippen LogP contribution in [0.15, 0.2) is 30.3 Å². The molecule has 1 nitrogen and oxygen atoms in total. The Morgan fingerprint density at radius 2 is 1.89 bits per heavy atom. The zero-order chi connectivity index (χ0) is 13.0. The molecule has 0 amide bonds. The van der Waals surface area contributed by atoms with E-state index in [1.54, 1.807) is 0 Å². The molecule has 0 radical (unpaired) electrons. The summed E-state index contributed by atoms with van der Waals surface area (Å²) in [5.41, 5.74) is 1.40. The molecule has 1 saturated carbocycles. The van der Waals surface area contributed by atoms with Crippen LogP contribution in [0.4, 0.5) is 0 Å². The van der Waals surface area contributed by atoms with E-state index in [0.717, 1.165) is 24.3 Å². The average molecular weight is 245 g/mol. The summed E-state index contributed by atoms with van der Waals surface area (Å²) < 4.78 is 0. The van der Waals surface area contributed by atoms with Gasteiger partial charge in [-0.05, 0) is 36.2 Å². The van der Waals surface area contributed by atoms with E-state index in [2.05, 4.69) is 56.4 Å². The van der Waals surface area contributed by atoms with Crippen molar-refractivity contribution in [2.24, 2.45) is 17.8 Å². The first-order valence-corrected chi connectivity index (χ1v) is 7.44. The first-order valence-electron chi connectivity index (χ1n) is 7.44. The number of rotatable bonds is 4. The molecule has 1 aliphatic rings. The van der Waals surface area contributed by atoms with Gasteiger partial charge in [0.2, 0.25) is 0 Å². The second-order valence-corrected chi connectivity index (χ2v) is 6.30. The van der Waals surface area contributed by atoms with Gasteiger partial charge in [0.25, 0.3) is 0 Å². The van der Waals surface area contributed by atoms with E-state index in [4.69, 9.17) is 0 Å². The second kappa shape index (κ2) is 6.38. The fourth-order valence-electron chi connectivity index (χ4n) is 3.28. The van der Waals surface area contributed by atoms with E-state index in [9.17, 15) is 0 Å². The summed E-state index contributed by atoms with van der Waals surface area (Å²) in [6.45, 7) is 8.16. The van der Waals surface area contributed by atoms with E-state index in [1.807, 2.05) is 0 Å². The van der Waals surface area contributed by atoms with Crippen molar-refractivity contribution in [1.82, 2.24) is 5.32 Å². The summed E-state index contributed by atoms with van der Waals surface area (Å²) in [5.74, 6) is 2.53. The zero-order valence-corrected chi connectivity index (χ0v) is 12.0. The molecule has 2 rings (SSSR count). The van der Waals surface area contributed by atoms with Gasteiger partial charge < -0.3 is 5.32 Å². The molecule has 1 aromatic rings. The number of hydrogen-bond donors (Lipinski definition) is 1. The Kier molecular flexibility index (Phi) is 4.82. The van der Waals surface area contributed by atoms with Crippen LogP contribution in [-0.4, -0.2) is 6.04 Å². The molecule has 1 aliphatic carbocycles. The third-order valence-corrected chi connectivity index (χ3v) is 4.43. The van der Waals surface area contributed by atoms with Gasteiger partial charge in [-0.25, -0.2) is 0 Å². The summed E-state index contributed by atoms with van der Waals surface area (Å²) in [6, 6.07) is 11.5. The number of nitrogens with one attached hydrogen (secondary N) is 1. The van der Waals surface area contributed by atoms with Crippen LogP contribution in [0.25, 0.3) is 0 Å². The van der Waals surface area contributed by atoms with E-state index in [-0.39, 0.29) is 0 Å². The van der Waals surface area contributed by atoms with Gasteiger partial charge in [0.1, 0.15) is 0 Å². The van der Waals surface area contributed by atoms with Crippen molar-refractivity contribution in [2.45, 2.75) is 52.6 Å². The van der Waals surface area contributed by atoms with Crippen molar-refractivity contribution in [3.05, 3.63) is 35.9 Å². The van der Waals surface area contributed by atoms with Gasteiger partial charge in [0.15, 0.2) is 0 Å². The van der Waals surface area contributed by atoms with Gasteiger partial charge in [-0.1, -0.05) is 57.5 Å². The first kappa shape index (κ1) is 13.6. The topological polar surface area (TPSA) is 12.0 Å². The van der Waals surface area contributed by atoms with Crippen molar-refractivity contribution < 1.29 is 0 Å². The molecule has 3 atom stereocenters. The molecule has 0 unspecified atom stereocenters. The highest BCUT2D eigenvalue weighted by Gasteiger charge is 2.29. The molecule has 0 bridgehead atoms. The lowest BCUT2D eigenvalue weighted by atomic mass is 9.74. The number of hydrogen-bond acceptors (Lipinski definition) is 1. The van der Waals surface area contributed by atoms with Gasteiger partial charge in [-0.2, -0.15) is 0 Å². The molecule has 1 heteroatoms. The Labute approximate surface area is 112 Å². The van der Waals surface area contributed by atoms with Gasteiger partial charge in [-0.15, -0.1) is 0 Å². The molecule has 0 heterocycles. The molecule has 1 N–H and O–H groups in total. The van der Waals surface area contributed by atoms with Crippen LogP contribution in [0.5, 0.6) is 0 Å². The van der Waals surface area contributed by atoms with Crippen LogP contribution in [0, 0.1) is 17.8 Å². The third kappa shape index (κ3) is 3.58. The molecule has 0 spiro atoms. The molecule has 100 valence electrons. The van der Waals surface area contributed by atoms with Gasteiger partial charge in [0, 0.05) is 12.6 Å². The van der Waals surface area contributed by atoms with E-state index < -0.39 is 0 Å². The Hall–Kier alpha value is -0.820. The summed E-state index contributed by atoms with van der Waals surface area (Å²) in [6.07, 6.45) is 4.15. The maximum absolute atomic E-state index is 3.80. The molecule has 1 aromatic carbocycles. The largest absolute Gasteiger partial charge is 0.310 e. The predicted molar refractivity (Wildman–Crippen MR) is 78.4 cm³/mol. The quantitative estimate of drug-likeness (QED) is 0.836. The highest BCUT2D eigenvalue weighted by molar-refractivity contribution is 5.14. The lowest BCUT2D eigenvalue weighted by Crippen LogP contribution is -2.42. The van der Waals surface area contributed by atoms with Crippen LogP contribution >= 0.6 is 0 Å². The third-order valence-electron chi connectivity index (χ3n) is 4.43. The molecule has 18 heavy (non-hydrogen) atoms. The van der Waals surface area contributed by atoms with Crippen molar-refractivity contribution in [2.75, 3.05) is 0 Å². The van der Waals surface area contributed by atoms with Gasteiger partial charge in [-0.3, -0.25) is 0 Å². The highest BCUT2D eigenvalue weighted by Crippen LogP contribution is 2.33. The van der Waals surface area contributed by atoms with Crippen molar-refractivity contribution in [3.8, 4) is 0 Å². The summed E-state index contributed by atoms with van der Waals surface area (Å²) in [4.78, 5) is 0. The normalized spacial score (nSPS) is 28.6. The Balaban J connectivity index is 1.92. The van der Waals surface area contributed by atoms with Crippen LogP contribution in [0.3, 0.4) is 0 Å². The molecule has 0 saturated heterocycles. The monoisotopic (exact) mass is 245 g/mol. The van der Waals surface area contributed by atoms with Gasteiger partial charge >= 0.3 is 0 Å². The lowest BCUT2D eigenvalue weighted by molar-refractivity contribution is 0.169. The summed E-state index contributed by atoms with van der Waals surface area (Å²) in [7, 11) is 0. The molecule has 0 aromatic heterocycles. The van der Waals surface area contributed by atoms with Crippen molar-refractivity contribution in [3.63, 3.8) is 0 Å². The summed E-state index contributed by atoms with van der Waals surface area (Å²) >= 11 is 0. The predicted octanol–water partition coefficient (Wildman–Crippen LogP) is 4.24. The van der Waals surface area contributed by atoms with Crippen LogP contribution in [0.2, 0.25) is 0 Å². The van der Waals surface area contributed by atoms with Gasteiger partial charge in [0.05, 0.1) is 0 Å². The van der Waals surface area contributed by atoms with Crippen molar-refractivity contribution in [1.29, 1.82) is 0 Å². The fourth-order valence-corrected chi connectivity index (χ4v) is 3.28. The van der Waals surface area contributed by atoms with Crippen LogP contribution in [0.1, 0.15) is 45.6 Å². The average Bonchev–Trinajstić information content (AvgIpc) is 2.37. The maximum atomic E-state index is 3.80. The minimum atomic E-state index is 0.703. The lowest BCUT2D eigenvalue weighted by Gasteiger charge is -2.38. The Bertz CT molecular complexity index is 344. The Morgan fingerprint density at radius 1 is 1.17 bits per heavy atom. The minimum absolute atomic E-state index is 0.703. The molecular formula is C17H27N. The number of benzene rings is 1. The molecule has 0 aliphatic heterocycles. The minimum Gasteiger partial charge on any atom is -0.310 e. The SMILES string of the molecule is CC(C)[C@H]1CC[C@@H](C)C[C@H]1NCc1ccccc1. The smallest absolute Gasteiger partial charge is 0.0208 e. The molecular weight excluding hydrogens is 218 g/mol. The van der Waals surface area contributed by atoms with Crippen molar-refractivity contribution >= 4 is 0 Å². The zero-order valence-electron chi connectivity index (χ0n) is 12.0. The van der Waals surface area contributed by atoms with E-state index >= 15 is 0 Å². The molecule has 1 fully saturated rings. The van der Waals surface area contributed by atoms with E-state index in [0.29, 0.717) is 6.04 Å². The van der Waals surface area contributed by atoms with E-state index in [1.165, 1.54) is 24.8 Å². The first-order chi connectivity index (χ1) is 8.66. The standard InChI is InChI=1S/C17H27N/c1-13(2)16-10-9-14(3)11-17(16)18-12-15-7-5-4-6-8-15/h4-8,13-14,16-18H,9-12H2,1-3H3/t14-,16-,17-/m1/s1. The second-order valence-electron chi connectivity index (χ2n) is 6.30. The maximum Gasteiger partial charge on any atom is 0.0208 e. The summed E-state index contributed by atoms with van der Waals surface area (Å²) in [5, 5.41) is 3.80. The fraction of sp³-hybridized carbons (Fsp3) is 0.647. The van der Waals surface area contributed by atoms with Crippen LogP contribution in [-0.2, 0) is 6.54 Å². The van der Waals surface area contributed by atoms with Crippen LogP contribution < -0.4 is 5.32 Å². The Morgan fingerprint density at radius 3 is 2.56 bits per heavy atom.